The highest BCUT2D eigenvalue weighted by Crippen LogP contribution is 2.29. The summed E-state index contributed by atoms with van der Waals surface area (Å²) in [6, 6.07) is 6.60. The molecule has 10 heteroatoms. The van der Waals surface area contributed by atoms with Crippen LogP contribution >= 0.6 is 0 Å². The lowest BCUT2D eigenvalue weighted by Crippen LogP contribution is -2.34. The number of hydrogen-bond acceptors (Lipinski definition) is 5. The largest absolute Gasteiger partial charge is 0.494 e. The topological polar surface area (TPSA) is 138 Å². The number of aromatic hydroxyl groups is 1. The van der Waals surface area contributed by atoms with Gasteiger partial charge in [-0.25, -0.2) is 4.79 Å². The average molecular weight is 425 g/mol. The summed E-state index contributed by atoms with van der Waals surface area (Å²) in [7, 11) is 0. The second kappa shape index (κ2) is 7.78. The van der Waals surface area contributed by atoms with E-state index in [4.69, 9.17) is 5.11 Å². The van der Waals surface area contributed by atoms with Crippen molar-refractivity contribution in [1.82, 2.24) is 19.5 Å². The predicted molar refractivity (Wildman–Crippen MR) is 114 cm³/mol. The number of anilines is 1. The first kappa shape index (κ1) is 20.5. The number of amides is 2. The van der Waals surface area contributed by atoms with Crippen LogP contribution in [0.15, 0.2) is 35.3 Å². The Hall–Kier alpha value is -3.82. The van der Waals surface area contributed by atoms with Gasteiger partial charge >= 0.3 is 6.09 Å². The number of hydrogen-bond donors (Lipinski definition) is 4. The van der Waals surface area contributed by atoms with Crippen LogP contribution in [0.5, 0.6) is 5.88 Å². The maximum Gasteiger partial charge on any atom is 0.409 e. The molecule has 1 aliphatic rings. The molecule has 0 saturated heterocycles. The molecule has 0 unspecified atom stereocenters. The van der Waals surface area contributed by atoms with Crippen molar-refractivity contribution in [2.75, 3.05) is 5.32 Å². The van der Waals surface area contributed by atoms with E-state index in [1.165, 1.54) is 10.8 Å². The molecule has 0 aliphatic heterocycles. The van der Waals surface area contributed by atoms with Gasteiger partial charge < -0.3 is 15.5 Å². The molecule has 2 amide bonds. The van der Waals surface area contributed by atoms with E-state index in [0.717, 1.165) is 17.4 Å². The van der Waals surface area contributed by atoms with E-state index in [0.29, 0.717) is 29.0 Å². The van der Waals surface area contributed by atoms with E-state index in [1.54, 1.807) is 24.3 Å². The molecule has 0 atom stereocenters. The summed E-state index contributed by atoms with van der Waals surface area (Å²) < 4.78 is 2.66. The number of benzene rings is 1. The summed E-state index contributed by atoms with van der Waals surface area (Å²) in [4.78, 5) is 36.5. The van der Waals surface area contributed by atoms with Gasteiger partial charge in [-0.1, -0.05) is 26.0 Å². The molecular formula is C21H23N5O5. The van der Waals surface area contributed by atoms with Gasteiger partial charge in [0.25, 0.3) is 11.5 Å². The van der Waals surface area contributed by atoms with E-state index in [2.05, 4.69) is 15.7 Å². The highest BCUT2D eigenvalue weighted by atomic mass is 16.4. The molecule has 0 spiro atoms. The van der Waals surface area contributed by atoms with Crippen LogP contribution < -0.4 is 16.2 Å². The predicted octanol–water partition coefficient (Wildman–Crippen LogP) is 2.51. The first-order valence-electron chi connectivity index (χ1n) is 10.0. The molecule has 1 fully saturated rings. The van der Waals surface area contributed by atoms with Crippen LogP contribution in [0.1, 0.15) is 37.0 Å². The minimum atomic E-state index is -1.17. The van der Waals surface area contributed by atoms with Crippen LogP contribution in [0, 0.1) is 5.92 Å². The highest BCUT2D eigenvalue weighted by Gasteiger charge is 2.30. The molecule has 31 heavy (non-hydrogen) atoms. The Morgan fingerprint density at radius 1 is 1.23 bits per heavy atom. The molecule has 1 saturated carbocycles. The van der Waals surface area contributed by atoms with E-state index in [1.807, 2.05) is 13.8 Å². The Morgan fingerprint density at radius 2 is 1.90 bits per heavy atom. The lowest BCUT2D eigenvalue weighted by Gasteiger charge is -2.17. The summed E-state index contributed by atoms with van der Waals surface area (Å²) in [5, 5.41) is 29.0. The first-order valence-corrected chi connectivity index (χ1v) is 10.0. The third-order valence-corrected chi connectivity index (χ3v) is 5.02. The maximum absolute atomic E-state index is 13.0. The van der Waals surface area contributed by atoms with Gasteiger partial charge in [-0.15, -0.1) is 0 Å². The molecule has 4 N–H and O–H groups in total. The Bertz CT molecular complexity index is 1220. The molecule has 2 heterocycles. The van der Waals surface area contributed by atoms with Gasteiger partial charge in [0.05, 0.1) is 6.20 Å². The van der Waals surface area contributed by atoms with Crippen LogP contribution in [0.4, 0.5) is 10.5 Å². The first-order chi connectivity index (χ1) is 14.8. The number of rotatable bonds is 6. The highest BCUT2D eigenvalue weighted by molar-refractivity contribution is 5.97. The average Bonchev–Trinajstić information content (AvgIpc) is 3.39. The number of fused-ring (bicyclic) bond motifs is 1. The van der Waals surface area contributed by atoms with Crippen molar-refractivity contribution < 1.29 is 19.8 Å². The molecule has 1 aromatic carbocycles. The van der Waals surface area contributed by atoms with Crippen molar-refractivity contribution in [3.63, 3.8) is 0 Å². The Labute approximate surface area is 177 Å². The molecule has 10 nitrogen and oxygen atoms in total. The van der Waals surface area contributed by atoms with E-state index >= 15 is 0 Å². The zero-order valence-electron chi connectivity index (χ0n) is 17.1. The third kappa shape index (κ3) is 3.96. The molecular weight excluding hydrogens is 402 g/mol. The monoisotopic (exact) mass is 425 g/mol. The maximum atomic E-state index is 13.0. The lowest BCUT2D eigenvalue weighted by molar-refractivity contribution is 0.0944. The van der Waals surface area contributed by atoms with E-state index < -0.39 is 23.4 Å². The van der Waals surface area contributed by atoms with Crippen molar-refractivity contribution in [3.8, 4) is 17.0 Å². The summed E-state index contributed by atoms with van der Waals surface area (Å²) in [6.45, 7) is 4.28. The zero-order valence-corrected chi connectivity index (χ0v) is 17.1. The van der Waals surface area contributed by atoms with Crippen LogP contribution in [0.3, 0.4) is 0 Å². The number of carbonyl (C=O) groups excluding carboxylic acids is 1. The molecule has 3 aromatic rings. The Kier molecular flexibility index (Phi) is 5.14. The van der Waals surface area contributed by atoms with Crippen molar-refractivity contribution in [1.29, 1.82) is 0 Å². The Balaban J connectivity index is 1.87. The van der Waals surface area contributed by atoms with Gasteiger partial charge in [-0.05, 0) is 36.5 Å². The SMILES string of the molecule is CC(C)Cn1c(O)c(C(=O)NC2CC2)c(=O)n2ncc(-c3ccc(NC(=O)O)cc3)c12. The fourth-order valence-corrected chi connectivity index (χ4v) is 3.47. The van der Waals surface area contributed by atoms with Gasteiger partial charge in [0, 0.05) is 23.8 Å². The number of aromatic nitrogens is 3. The smallest absolute Gasteiger partial charge is 0.409 e. The van der Waals surface area contributed by atoms with Gasteiger partial charge in [0.15, 0.2) is 11.2 Å². The number of nitrogens with one attached hydrogen (secondary N) is 2. The quantitative estimate of drug-likeness (QED) is 0.479. The van der Waals surface area contributed by atoms with Crippen LogP contribution in [0.2, 0.25) is 0 Å². The normalized spacial score (nSPS) is 13.5. The van der Waals surface area contributed by atoms with Gasteiger partial charge in [0.2, 0.25) is 5.88 Å². The van der Waals surface area contributed by atoms with E-state index in [-0.39, 0.29) is 17.5 Å². The van der Waals surface area contributed by atoms with Crippen LogP contribution in [0.25, 0.3) is 16.8 Å². The summed E-state index contributed by atoms with van der Waals surface area (Å²) in [6.07, 6.45) is 2.03. The summed E-state index contributed by atoms with van der Waals surface area (Å²) in [5.41, 5.74) is 0.991. The molecule has 0 radical (unpaired) electrons. The minimum absolute atomic E-state index is 0.0339. The fraction of sp³-hybridized carbons (Fsp3) is 0.333. The second-order valence-corrected chi connectivity index (χ2v) is 8.06. The van der Waals surface area contributed by atoms with Gasteiger partial charge in [-0.3, -0.25) is 19.5 Å². The van der Waals surface area contributed by atoms with Crippen LogP contribution in [-0.4, -0.2) is 42.4 Å². The van der Waals surface area contributed by atoms with Crippen molar-refractivity contribution in [2.45, 2.75) is 39.3 Å². The summed E-state index contributed by atoms with van der Waals surface area (Å²) >= 11 is 0. The van der Waals surface area contributed by atoms with Crippen molar-refractivity contribution >= 4 is 23.3 Å². The summed E-state index contributed by atoms with van der Waals surface area (Å²) in [5.74, 6) is -0.887. The van der Waals surface area contributed by atoms with Crippen LogP contribution in [-0.2, 0) is 6.54 Å². The molecule has 0 bridgehead atoms. The van der Waals surface area contributed by atoms with Gasteiger partial charge in [-0.2, -0.15) is 9.61 Å². The van der Waals surface area contributed by atoms with Gasteiger partial charge in [0.1, 0.15) is 0 Å². The third-order valence-electron chi connectivity index (χ3n) is 5.02. The molecule has 4 rings (SSSR count). The lowest BCUT2D eigenvalue weighted by atomic mass is 10.1. The zero-order chi connectivity index (χ0) is 22.3. The molecule has 162 valence electrons. The second-order valence-electron chi connectivity index (χ2n) is 8.06. The van der Waals surface area contributed by atoms with Crippen molar-refractivity contribution in [2.24, 2.45) is 5.92 Å². The number of nitrogens with zero attached hydrogens (tertiary/aromatic N) is 3. The molecule has 1 aliphatic carbocycles. The van der Waals surface area contributed by atoms with E-state index in [9.17, 15) is 19.5 Å². The fourth-order valence-electron chi connectivity index (χ4n) is 3.47. The number of carboxylic acid groups (broad SMARTS) is 1. The van der Waals surface area contributed by atoms with Crippen molar-refractivity contribution in [3.05, 3.63) is 46.4 Å². The number of carbonyl (C=O) groups is 2. The molecule has 2 aromatic heterocycles. The standard InChI is InChI=1S/C21H23N5O5/c1-11(2)10-25-18-15(12-3-5-14(6-4-12)24-21(30)31)9-22-26(18)20(29)16(19(25)28)17(27)23-13-7-8-13/h3-6,9,11,13,24,28H,7-8,10H2,1-2H3,(H,23,27)(H,30,31). The Morgan fingerprint density at radius 3 is 2.48 bits per heavy atom. The minimum Gasteiger partial charge on any atom is -0.494 e.